The van der Waals surface area contributed by atoms with Crippen molar-refractivity contribution in [2.75, 3.05) is 0 Å². The number of aryl methyl sites for hydroxylation is 1. The molecule has 1 atom stereocenters. The number of thiazole rings is 1. The molecule has 0 aliphatic carbocycles. The zero-order valence-corrected chi connectivity index (χ0v) is 11.4. The summed E-state index contributed by atoms with van der Waals surface area (Å²) in [6.07, 6.45) is 2.66. The maximum Gasteiger partial charge on any atom is 0.339 e. The van der Waals surface area contributed by atoms with Gasteiger partial charge in [-0.25, -0.2) is 19.7 Å². The van der Waals surface area contributed by atoms with Crippen molar-refractivity contribution in [3.63, 3.8) is 0 Å². The van der Waals surface area contributed by atoms with Crippen LogP contribution in [0.15, 0.2) is 17.9 Å². The first-order chi connectivity index (χ1) is 9.08. The van der Waals surface area contributed by atoms with E-state index in [1.807, 2.05) is 19.2 Å². The minimum Gasteiger partial charge on any atom is -0.478 e. The van der Waals surface area contributed by atoms with E-state index < -0.39 is 5.97 Å². The molecule has 2 aromatic heterocycles. The Hall–Kier alpha value is -1.86. The molecule has 0 saturated carbocycles. The monoisotopic (exact) mass is 278 g/mol. The predicted molar refractivity (Wildman–Crippen MR) is 71.1 cm³/mol. The minimum absolute atomic E-state index is 0.0512. The summed E-state index contributed by atoms with van der Waals surface area (Å²) in [5.74, 6) is -1.02. The molecule has 2 heterocycles. The number of carboxylic acid groups (broad SMARTS) is 1. The van der Waals surface area contributed by atoms with E-state index in [0.717, 1.165) is 10.7 Å². The molecule has 0 bridgehead atoms. The van der Waals surface area contributed by atoms with Gasteiger partial charge in [0.2, 0.25) is 0 Å². The highest BCUT2D eigenvalue weighted by Gasteiger charge is 2.14. The zero-order valence-electron chi connectivity index (χ0n) is 10.6. The lowest BCUT2D eigenvalue weighted by molar-refractivity contribution is 0.0694. The SMILES string of the molecule is Cc1csc(C(C)NCc2ncncc2C(=O)O)n1. The smallest absolute Gasteiger partial charge is 0.339 e. The summed E-state index contributed by atoms with van der Waals surface area (Å²) in [6, 6.07) is 0.0512. The molecule has 0 aliphatic rings. The molecule has 2 rings (SSSR count). The highest BCUT2D eigenvalue weighted by atomic mass is 32.1. The van der Waals surface area contributed by atoms with Crippen LogP contribution in [0.1, 0.15) is 39.7 Å². The standard InChI is InChI=1S/C12H14N4O2S/c1-7-5-19-11(16-7)8(2)14-4-10-9(12(17)18)3-13-6-15-10/h3,5-6,8,14H,4H2,1-2H3,(H,17,18). The van der Waals surface area contributed by atoms with Gasteiger partial charge in [-0.3, -0.25) is 0 Å². The van der Waals surface area contributed by atoms with Crippen molar-refractivity contribution < 1.29 is 9.90 Å². The van der Waals surface area contributed by atoms with Crippen LogP contribution in [0.5, 0.6) is 0 Å². The highest BCUT2D eigenvalue weighted by molar-refractivity contribution is 7.09. The Morgan fingerprint density at radius 1 is 1.58 bits per heavy atom. The molecule has 6 nitrogen and oxygen atoms in total. The number of aromatic carboxylic acids is 1. The van der Waals surface area contributed by atoms with Gasteiger partial charge in [-0.1, -0.05) is 0 Å². The van der Waals surface area contributed by atoms with Crippen LogP contribution >= 0.6 is 11.3 Å². The van der Waals surface area contributed by atoms with Crippen LogP contribution in [-0.2, 0) is 6.54 Å². The summed E-state index contributed by atoms with van der Waals surface area (Å²) in [4.78, 5) is 23.1. The van der Waals surface area contributed by atoms with Gasteiger partial charge < -0.3 is 10.4 Å². The second-order valence-electron chi connectivity index (χ2n) is 4.12. The first kappa shape index (κ1) is 13.6. The molecular formula is C12H14N4O2S. The normalized spacial score (nSPS) is 12.3. The summed E-state index contributed by atoms with van der Waals surface area (Å²) >= 11 is 1.58. The molecule has 0 aromatic carbocycles. The maximum absolute atomic E-state index is 11.0. The second kappa shape index (κ2) is 5.85. The van der Waals surface area contributed by atoms with Crippen molar-refractivity contribution in [1.82, 2.24) is 20.3 Å². The first-order valence-corrected chi connectivity index (χ1v) is 6.63. The van der Waals surface area contributed by atoms with Gasteiger partial charge in [0.25, 0.3) is 0 Å². The second-order valence-corrected chi connectivity index (χ2v) is 5.01. The van der Waals surface area contributed by atoms with Crippen LogP contribution in [0.4, 0.5) is 0 Å². The van der Waals surface area contributed by atoms with Gasteiger partial charge in [0.05, 0.1) is 11.7 Å². The van der Waals surface area contributed by atoms with Crippen molar-refractivity contribution in [2.45, 2.75) is 26.4 Å². The van der Waals surface area contributed by atoms with E-state index in [4.69, 9.17) is 5.11 Å². The van der Waals surface area contributed by atoms with Crippen LogP contribution < -0.4 is 5.32 Å². The highest BCUT2D eigenvalue weighted by Crippen LogP contribution is 2.18. The lowest BCUT2D eigenvalue weighted by Crippen LogP contribution is -2.20. The van der Waals surface area contributed by atoms with E-state index >= 15 is 0 Å². The summed E-state index contributed by atoms with van der Waals surface area (Å²) in [6.45, 7) is 4.30. The van der Waals surface area contributed by atoms with Crippen LogP contribution in [0.25, 0.3) is 0 Å². The Balaban J connectivity index is 2.05. The van der Waals surface area contributed by atoms with Crippen molar-refractivity contribution in [1.29, 1.82) is 0 Å². The third-order valence-electron chi connectivity index (χ3n) is 2.61. The lowest BCUT2D eigenvalue weighted by Gasteiger charge is -2.11. The molecule has 2 aromatic rings. The van der Waals surface area contributed by atoms with E-state index in [2.05, 4.69) is 20.3 Å². The fourth-order valence-electron chi connectivity index (χ4n) is 1.58. The van der Waals surface area contributed by atoms with E-state index in [-0.39, 0.29) is 11.6 Å². The molecule has 1 unspecified atom stereocenters. The Morgan fingerprint density at radius 2 is 2.37 bits per heavy atom. The van der Waals surface area contributed by atoms with Gasteiger partial charge in [0.15, 0.2) is 0 Å². The molecule has 0 amide bonds. The largest absolute Gasteiger partial charge is 0.478 e. The van der Waals surface area contributed by atoms with Crippen LogP contribution in [0.2, 0.25) is 0 Å². The fourth-order valence-corrected chi connectivity index (χ4v) is 2.41. The van der Waals surface area contributed by atoms with Crippen molar-refractivity contribution in [3.05, 3.63) is 39.9 Å². The minimum atomic E-state index is -1.02. The van der Waals surface area contributed by atoms with Crippen LogP contribution in [0.3, 0.4) is 0 Å². The van der Waals surface area contributed by atoms with Gasteiger partial charge >= 0.3 is 5.97 Å². The number of nitrogens with one attached hydrogen (secondary N) is 1. The number of aromatic nitrogens is 3. The molecule has 19 heavy (non-hydrogen) atoms. The number of rotatable bonds is 5. The van der Waals surface area contributed by atoms with Crippen LogP contribution in [-0.4, -0.2) is 26.0 Å². The summed E-state index contributed by atoms with van der Waals surface area (Å²) in [5.41, 5.74) is 1.59. The summed E-state index contributed by atoms with van der Waals surface area (Å²) < 4.78 is 0. The zero-order chi connectivity index (χ0) is 13.8. The first-order valence-electron chi connectivity index (χ1n) is 5.75. The molecule has 0 radical (unpaired) electrons. The average Bonchev–Trinajstić information content (AvgIpc) is 2.83. The van der Waals surface area contributed by atoms with Gasteiger partial charge in [-0.15, -0.1) is 11.3 Å². The summed E-state index contributed by atoms with van der Waals surface area (Å²) in [7, 11) is 0. The van der Waals surface area contributed by atoms with Crippen LogP contribution in [0, 0.1) is 6.92 Å². The Bertz CT molecular complexity index is 585. The van der Waals surface area contributed by atoms with Gasteiger partial charge in [0, 0.05) is 23.8 Å². The number of carbonyl (C=O) groups is 1. The fraction of sp³-hybridized carbons (Fsp3) is 0.333. The summed E-state index contributed by atoms with van der Waals surface area (Å²) in [5, 5.41) is 15.2. The maximum atomic E-state index is 11.0. The average molecular weight is 278 g/mol. The number of hydrogen-bond donors (Lipinski definition) is 2. The Morgan fingerprint density at radius 3 is 3.00 bits per heavy atom. The molecular weight excluding hydrogens is 264 g/mol. The molecule has 100 valence electrons. The number of nitrogens with zero attached hydrogens (tertiary/aromatic N) is 3. The van der Waals surface area contributed by atoms with E-state index in [9.17, 15) is 4.79 Å². The van der Waals surface area contributed by atoms with Crippen molar-refractivity contribution >= 4 is 17.3 Å². The Kier molecular flexibility index (Phi) is 4.18. The van der Waals surface area contributed by atoms with Crippen molar-refractivity contribution in [2.24, 2.45) is 0 Å². The molecule has 7 heteroatoms. The van der Waals surface area contributed by atoms with Gasteiger partial charge in [0.1, 0.15) is 16.9 Å². The molecule has 0 spiro atoms. The number of carboxylic acids is 1. The quantitative estimate of drug-likeness (QED) is 0.867. The lowest BCUT2D eigenvalue weighted by atomic mass is 10.2. The molecule has 0 fully saturated rings. The number of hydrogen-bond acceptors (Lipinski definition) is 6. The predicted octanol–water partition coefficient (Wildman–Crippen LogP) is 1.79. The molecule has 0 aliphatic heterocycles. The Labute approximate surface area is 114 Å². The molecule has 0 saturated heterocycles. The van der Waals surface area contributed by atoms with Gasteiger partial charge in [-0.05, 0) is 13.8 Å². The van der Waals surface area contributed by atoms with E-state index in [1.165, 1.54) is 12.5 Å². The van der Waals surface area contributed by atoms with E-state index in [0.29, 0.717) is 12.2 Å². The van der Waals surface area contributed by atoms with Crippen molar-refractivity contribution in [3.8, 4) is 0 Å². The topological polar surface area (TPSA) is 88.0 Å². The van der Waals surface area contributed by atoms with Gasteiger partial charge in [-0.2, -0.15) is 0 Å². The third kappa shape index (κ3) is 3.33. The molecule has 2 N–H and O–H groups in total. The third-order valence-corrected chi connectivity index (χ3v) is 3.75. The van der Waals surface area contributed by atoms with E-state index in [1.54, 1.807) is 11.3 Å².